The topological polar surface area (TPSA) is 12.4 Å². The Kier molecular flexibility index (Phi) is 4.13. The lowest BCUT2D eigenvalue weighted by Crippen LogP contribution is -2.08. The molecule has 2 atom stereocenters. The van der Waals surface area contributed by atoms with Gasteiger partial charge in [0.2, 0.25) is 0 Å². The summed E-state index contributed by atoms with van der Waals surface area (Å²) in [6, 6.07) is 0. The highest BCUT2D eigenvalue weighted by atomic mass is 19.1. The monoisotopic (exact) mass is 183 g/mol. The van der Waals surface area contributed by atoms with Gasteiger partial charge >= 0.3 is 0 Å². The van der Waals surface area contributed by atoms with Crippen molar-refractivity contribution in [2.24, 2.45) is 10.9 Å². The zero-order valence-corrected chi connectivity index (χ0v) is 8.46. The Hall–Kier alpha value is -0.660. The lowest BCUT2D eigenvalue weighted by Gasteiger charge is -2.14. The maximum absolute atomic E-state index is 12.6. The molecule has 1 nitrogen and oxygen atoms in total. The third-order valence-electron chi connectivity index (χ3n) is 2.40. The minimum absolute atomic E-state index is 0.579. The first-order valence-corrected chi connectivity index (χ1v) is 5.07. The second-order valence-electron chi connectivity index (χ2n) is 3.72. The molecule has 2 unspecified atom stereocenters. The van der Waals surface area contributed by atoms with E-state index in [9.17, 15) is 4.39 Å². The van der Waals surface area contributed by atoms with Crippen LogP contribution in [0.1, 0.15) is 33.1 Å². The van der Waals surface area contributed by atoms with Crippen LogP contribution in [0.2, 0.25) is 0 Å². The van der Waals surface area contributed by atoms with Gasteiger partial charge in [-0.15, -0.1) is 0 Å². The molecule has 0 aromatic rings. The molecule has 0 amide bonds. The van der Waals surface area contributed by atoms with Crippen molar-refractivity contribution < 1.29 is 4.39 Å². The largest absolute Gasteiger partial charge is 0.292 e. The fourth-order valence-corrected chi connectivity index (χ4v) is 1.46. The van der Waals surface area contributed by atoms with Crippen LogP contribution in [0.3, 0.4) is 0 Å². The van der Waals surface area contributed by atoms with Crippen molar-refractivity contribution in [2.75, 3.05) is 6.54 Å². The Bertz CT molecular complexity index is 206. The number of dihydropyridines is 1. The van der Waals surface area contributed by atoms with Crippen LogP contribution in [0.25, 0.3) is 0 Å². The van der Waals surface area contributed by atoms with E-state index >= 15 is 0 Å². The maximum Gasteiger partial charge on any atom is 0.0976 e. The van der Waals surface area contributed by atoms with Crippen molar-refractivity contribution in [3.8, 4) is 0 Å². The van der Waals surface area contributed by atoms with E-state index in [1.54, 1.807) is 6.92 Å². The first-order valence-electron chi connectivity index (χ1n) is 5.07. The van der Waals surface area contributed by atoms with E-state index < -0.39 is 6.17 Å². The maximum atomic E-state index is 12.6. The molecule has 0 spiro atoms. The minimum atomic E-state index is -0.698. The van der Waals surface area contributed by atoms with Gasteiger partial charge in [-0.3, -0.25) is 4.99 Å². The molecule has 0 aromatic carbocycles. The Morgan fingerprint density at radius 2 is 2.46 bits per heavy atom. The molecule has 13 heavy (non-hydrogen) atoms. The average molecular weight is 183 g/mol. The number of aliphatic imine (C=N–C) groups is 1. The Balaban J connectivity index is 2.39. The van der Waals surface area contributed by atoms with E-state index in [2.05, 4.69) is 18.0 Å². The van der Waals surface area contributed by atoms with Crippen molar-refractivity contribution in [3.05, 3.63) is 11.6 Å². The molecular formula is C11H18FN. The molecule has 0 fully saturated rings. The fraction of sp³-hybridized carbons (Fsp3) is 0.727. The van der Waals surface area contributed by atoms with E-state index in [0.717, 1.165) is 19.4 Å². The average Bonchev–Trinajstić information content (AvgIpc) is 2.15. The molecule has 0 aliphatic carbocycles. The Morgan fingerprint density at radius 1 is 1.69 bits per heavy atom. The SMILES string of the molecule is CCC1C=C(CCC(C)F)C=NC1. The molecule has 1 aliphatic heterocycles. The van der Waals surface area contributed by atoms with Gasteiger partial charge in [0.15, 0.2) is 0 Å². The molecule has 0 saturated carbocycles. The smallest absolute Gasteiger partial charge is 0.0976 e. The van der Waals surface area contributed by atoms with Crippen LogP contribution in [-0.2, 0) is 0 Å². The highest BCUT2D eigenvalue weighted by molar-refractivity contribution is 5.79. The summed E-state index contributed by atoms with van der Waals surface area (Å²) in [7, 11) is 0. The lowest BCUT2D eigenvalue weighted by molar-refractivity contribution is 0.342. The lowest BCUT2D eigenvalue weighted by atomic mass is 9.98. The van der Waals surface area contributed by atoms with Crippen LogP contribution in [0, 0.1) is 5.92 Å². The summed E-state index contributed by atoms with van der Waals surface area (Å²) < 4.78 is 12.6. The molecule has 0 saturated heterocycles. The van der Waals surface area contributed by atoms with Crippen LogP contribution in [0.5, 0.6) is 0 Å². The Labute approximate surface area is 79.8 Å². The quantitative estimate of drug-likeness (QED) is 0.635. The highest BCUT2D eigenvalue weighted by Gasteiger charge is 2.08. The standard InChI is InChI=1S/C11H18FN/c1-3-10-6-11(8-13-7-10)5-4-9(2)12/h6,8-10H,3-5,7H2,1-2H3. The van der Waals surface area contributed by atoms with Crippen molar-refractivity contribution in [1.29, 1.82) is 0 Å². The summed E-state index contributed by atoms with van der Waals surface area (Å²) >= 11 is 0. The van der Waals surface area contributed by atoms with E-state index in [1.165, 1.54) is 5.57 Å². The zero-order valence-electron chi connectivity index (χ0n) is 8.46. The molecule has 1 aliphatic rings. The van der Waals surface area contributed by atoms with Crippen molar-refractivity contribution in [3.63, 3.8) is 0 Å². The van der Waals surface area contributed by atoms with Crippen molar-refractivity contribution in [2.45, 2.75) is 39.3 Å². The molecular weight excluding hydrogens is 165 g/mol. The Morgan fingerprint density at radius 3 is 3.08 bits per heavy atom. The van der Waals surface area contributed by atoms with Crippen molar-refractivity contribution in [1.82, 2.24) is 0 Å². The summed E-state index contributed by atoms with van der Waals surface area (Å²) in [5, 5.41) is 0. The number of halogens is 1. The van der Waals surface area contributed by atoms with Gasteiger partial charge in [0.25, 0.3) is 0 Å². The molecule has 2 heteroatoms. The number of rotatable bonds is 4. The van der Waals surface area contributed by atoms with Crippen LogP contribution >= 0.6 is 0 Å². The number of alkyl halides is 1. The third kappa shape index (κ3) is 3.71. The third-order valence-corrected chi connectivity index (χ3v) is 2.40. The normalized spacial score (nSPS) is 24.2. The van der Waals surface area contributed by atoms with Gasteiger partial charge < -0.3 is 0 Å². The summed E-state index contributed by atoms with van der Waals surface area (Å²) in [6.07, 6.45) is 6.03. The van der Waals surface area contributed by atoms with Gasteiger partial charge in [0.05, 0.1) is 6.17 Å². The second-order valence-corrected chi connectivity index (χ2v) is 3.72. The van der Waals surface area contributed by atoms with Gasteiger partial charge in [-0.25, -0.2) is 4.39 Å². The van der Waals surface area contributed by atoms with Crippen LogP contribution in [0.15, 0.2) is 16.6 Å². The number of hydrogen-bond donors (Lipinski definition) is 0. The molecule has 0 N–H and O–H groups in total. The molecule has 0 bridgehead atoms. The predicted molar refractivity (Wildman–Crippen MR) is 55.0 cm³/mol. The highest BCUT2D eigenvalue weighted by Crippen LogP contribution is 2.17. The minimum Gasteiger partial charge on any atom is -0.292 e. The summed E-state index contributed by atoms with van der Waals surface area (Å²) in [5.41, 5.74) is 1.21. The van der Waals surface area contributed by atoms with Gasteiger partial charge in [0, 0.05) is 12.8 Å². The molecule has 1 heterocycles. The van der Waals surface area contributed by atoms with Crippen LogP contribution in [0.4, 0.5) is 4.39 Å². The zero-order chi connectivity index (χ0) is 9.68. The summed E-state index contributed by atoms with van der Waals surface area (Å²) in [4.78, 5) is 4.27. The van der Waals surface area contributed by atoms with Crippen LogP contribution in [-0.4, -0.2) is 18.9 Å². The predicted octanol–water partition coefficient (Wildman–Crippen LogP) is 3.16. The van der Waals surface area contributed by atoms with Crippen LogP contribution < -0.4 is 0 Å². The summed E-state index contributed by atoms with van der Waals surface area (Å²) in [5.74, 6) is 0.579. The van der Waals surface area contributed by atoms with E-state index in [1.807, 2.05) is 6.21 Å². The first kappa shape index (κ1) is 10.4. The number of nitrogens with zero attached hydrogens (tertiary/aromatic N) is 1. The van der Waals surface area contributed by atoms with Gasteiger partial charge in [-0.2, -0.15) is 0 Å². The van der Waals surface area contributed by atoms with E-state index in [4.69, 9.17) is 0 Å². The molecule has 1 rings (SSSR count). The first-order chi connectivity index (χ1) is 6.22. The molecule has 74 valence electrons. The van der Waals surface area contributed by atoms with Gasteiger partial charge in [-0.05, 0) is 37.7 Å². The molecule has 0 radical (unpaired) electrons. The van der Waals surface area contributed by atoms with E-state index in [-0.39, 0.29) is 0 Å². The van der Waals surface area contributed by atoms with Gasteiger partial charge in [0.1, 0.15) is 0 Å². The number of allylic oxidation sites excluding steroid dienone is 1. The van der Waals surface area contributed by atoms with Crippen molar-refractivity contribution >= 4 is 6.21 Å². The van der Waals surface area contributed by atoms with E-state index in [0.29, 0.717) is 12.3 Å². The second kappa shape index (κ2) is 5.15. The number of hydrogen-bond acceptors (Lipinski definition) is 1. The van der Waals surface area contributed by atoms with Gasteiger partial charge in [-0.1, -0.05) is 13.0 Å². The summed E-state index contributed by atoms with van der Waals surface area (Å²) in [6.45, 7) is 4.68. The molecule has 0 aromatic heterocycles. The fourth-order valence-electron chi connectivity index (χ4n) is 1.46.